The van der Waals surface area contributed by atoms with Crippen LogP contribution in [0.3, 0.4) is 0 Å². The summed E-state index contributed by atoms with van der Waals surface area (Å²) in [5, 5.41) is 16.9. The fraction of sp³-hybridized carbons (Fsp3) is 0.348. The van der Waals surface area contributed by atoms with Gasteiger partial charge in [0.25, 0.3) is 0 Å². The Bertz CT molecular complexity index is 1100. The molecule has 3 heterocycles. The summed E-state index contributed by atoms with van der Waals surface area (Å²) >= 11 is 0. The van der Waals surface area contributed by atoms with Gasteiger partial charge in [-0.1, -0.05) is 12.1 Å². The van der Waals surface area contributed by atoms with Gasteiger partial charge in [0.15, 0.2) is 17.4 Å². The number of ether oxygens (including phenoxy) is 1. The molecule has 166 valence electrons. The minimum atomic E-state index is -0.402. The van der Waals surface area contributed by atoms with Gasteiger partial charge < -0.3 is 20.7 Å². The number of aromatic nitrogens is 3. The first kappa shape index (κ1) is 21.6. The molecule has 9 heteroatoms. The predicted octanol–water partition coefficient (Wildman–Crippen LogP) is 4.50. The molecule has 0 saturated carbocycles. The minimum Gasteiger partial charge on any atom is -0.489 e. The van der Waals surface area contributed by atoms with Crippen LogP contribution in [0.2, 0.25) is 0 Å². The van der Waals surface area contributed by atoms with Crippen molar-refractivity contribution in [1.29, 1.82) is 0 Å². The Labute approximate surface area is 186 Å². The third-order valence-electron chi connectivity index (χ3n) is 5.36. The number of halogens is 1. The molecule has 8 nitrogen and oxygen atoms in total. The number of piperidine rings is 1. The fourth-order valence-electron chi connectivity index (χ4n) is 3.81. The molecule has 4 N–H and O–H groups in total. The topological polar surface area (TPSA) is 91.3 Å². The van der Waals surface area contributed by atoms with Gasteiger partial charge >= 0.3 is 0 Å². The Hall–Kier alpha value is -3.64. The molecule has 0 atom stereocenters. The number of aryl methyl sites for hydroxylation is 1. The van der Waals surface area contributed by atoms with Crippen molar-refractivity contribution in [2.24, 2.45) is 0 Å². The van der Waals surface area contributed by atoms with Crippen LogP contribution in [0.5, 0.6) is 5.75 Å². The molecule has 1 aliphatic heterocycles. The summed E-state index contributed by atoms with van der Waals surface area (Å²) in [6.45, 7) is 12.2. The first-order chi connectivity index (χ1) is 15.6. The number of rotatable bonds is 8. The van der Waals surface area contributed by atoms with Gasteiger partial charge in [-0.15, -0.1) is 0 Å². The maximum absolute atomic E-state index is 13.8. The van der Waals surface area contributed by atoms with Crippen LogP contribution in [0.4, 0.5) is 27.5 Å². The smallest absolute Gasteiger partial charge is 0.231 e. The number of nitrogens with zero attached hydrogens (tertiary/aromatic N) is 3. The molecule has 2 aromatic heterocycles. The van der Waals surface area contributed by atoms with Gasteiger partial charge in [0.1, 0.15) is 18.2 Å². The molecule has 3 aromatic rings. The highest BCUT2D eigenvalue weighted by Gasteiger charge is 2.22. The van der Waals surface area contributed by atoms with E-state index in [2.05, 4.69) is 36.0 Å². The van der Waals surface area contributed by atoms with Crippen LogP contribution < -0.4 is 20.7 Å². The van der Waals surface area contributed by atoms with Crippen LogP contribution in [0.15, 0.2) is 36.4 Å². The SMILES string of the molecule is [C-]#[N+]c1c(C2CCNCC2)cc(Nc2cc(C)[nH]n2)nc1NCCOc1ccccc1F. The van der Waals surface area contributed by atoms with E-state index in [4.69, 9.17) is 11.3 Å². The zero-order chi connectivity index (χ0) is 22.3. The average Bonchev–Trinajstić information content (AvgIpc) is 3.22. The molecule has 1 saturated heterocycles. The summed E-state index contributed by atoms with van der Waals surface area (Å²) in [6.07, 6.45) is 1.92. The number of nitrogens with one attached hydrogen (secondary N) is 4. The number of hydrogen-bond donors (Lipinski definition) is 4. The first-order valence-electron chi connectivity index (χ1n) is 10.7. The molecule has 4 rings (SSSR count). The Morgan fingerprint density at radius 2 is 2.03 bits per heavy atom. The van der Waals surface area contributed by atoms with E-state index >= 15 is 0 Å². The number of aromatic amines is 1. The van der Waals surface area contributed by atoms with E-state index < -0.39 is 5.82 Å². The van der Waals surface area contributed by atoms with Crippen LogP contribution in [0, 0.1) is 19.3 Å². The second-order valence-electron chi connectivity index (χ2n) is 7.70. The molecule has 1 aliphatic rings. The Morgan fingerprint density at radius 1 is 1.22 bits per heavy atom. The van der Waals surface area contributed by atoms with Crippen molar-refractivity contribution >= 4 is 23.1 Å². The second-order valence-corrected chi connectivity index (χ2v) is 7.70. The standard InChI is InChI=1S/C23H26FN7O/c1-15-13-21(31-30-15)28-20-14-17(16-7-9-26-10-8-16)22(25-2)23(29-20)27-11-12-32-19-6-4-3-5-18(19)24/h3-6,13-14,16,26H,7-12H2,1H3,(H3,27,28,29,30,31). The molecule has 32 heavy (non-hydrogen) atoms. The lowest BCUT2D eigenvalue weighted by Crippen LogP contribution is -2.26. The second kappa shape index (κ2) is 10.1. The van der Waals surface area contributed by atoms with Crippen LogP contribution in [-0.2, 0) is 0 Å². The van der Waals surface area contributed by atoms with E-state index in [1.54, 1.807) is 18.2 Å². The summed E-state index contributed by atoms with van der Waals surface area (Å²) in [4.78, 5) is 8.43. The Morgan fingerprint density at radius 3 is 2.75 bits per heavy atom. The molecule has 1 fully saturated rings. The molecule has 0 bridgehead atoms. The summed E-state index contributed by atoms with van der Waals surface area (Å²) in [5.41, 5.74) is 2.43. The third-order valence-corrected chi connectivity index (χ3v) is 5.36. The van der Waals surface area contributed by atoms with E-state index in [-0.39, 0.29) is 18.3 Å². The molecule has 0 unspecified atom stereocenters. The number of para-hydroxylation sites is 1. The first-order valence-corrected chi connectivity index (χ1v) is 10.7. The third kappa shape index (κ3) is 5.15. The van der Waals surface area contributed by atoms with Crippen LogP contribution in [0.1, 0.15) is 30.0 Å². The quantitative estimate of drug-likeness (QED) is 0.308. The molecular weight excluding hydrogens is 409 g/mol. The van der Waals surface area contributed by atoms with Crippen LogP contribution in [-0.4, -0.2) is 41.4 Å². The van der Waals surface area contributed by atoms with Gasteiger partial charge in [-0.3, -0.25) is 5.10 Å². The molecular formula is C23H26FN7O. The predicted molar refractivity (Wildman–Crippen MR) is 122 cm³/mol. The minimum absolute atomic E-state index is 0.201. The Kier molecular flexibility index (Phi) is 6.82. The molecule has 0 spiro atoms. The van der Waals surface area contributed by atoms with Crippen molar-refractivity contribution in [1.82, 2.24) is 20.5 Å². The largest absolute Gasteiger partial charge is 0.489 e. The van der Waals surface area contributed by atoms with Crippen LogP contribution in [0.25, 0.3) is 4.85 Å². The van der Waals surface area contributed by atoms with E-state index in [0.717, 1.165) is 37.2 Å². The fourth-order valence-corrected chi connectivity index (χ4v) is 3.81. The highest BCUT2D eigenvalue weighted by molar-refractivity contribution is 5.74. The maximum atomic E-state index is 13.8. The van der Waals surface area contributed by atoms with E-state index in [1.807, 2.05) is 19.1 Å². The normalized spacial score (nSPS) is 14.0. The highest BCUT2D eigenvalue weighted by atomic mass is 19.1. The van der Waals surface area contributed by atoms with Crippen molar-refractivity contribution < 1.29 is 9.13 Å². The van der Waals surface area contributed by atoms with Gasteiger partial charge in [0.2, 0.25) is 5.69 Å². The van der Waals surface area contributed by atoms with Crippen molar-refractivity contribution in [3.63, 3.8) is 0 Å². The molecule has 0 aliphatic carbocycles. The van der Waals surface area contributed by atoms with Crippen LogP contribution >= 0.6 is 0 Å². The maximum Gasteiger partial charge on any atom is 0.231 e. The van der Waals surface area contributed by atoms with E-state index in [1.165, 1.54) is 6.07 Å². The number of anilines is 3. The number of H-pyrrole nitrogens is 1. The molecule has 1 aromatic carbocycles. The summed E-state index contributed by atoms with van der Waals surface area (Å²) in [7, 11) is 0. The monoisotopic (exact) mass is 435 g/mol. The molecule has 0 radical (unpaired) electrons. The van der Waals surface area contributed by atoms with Gasteiger partial charge in [-0.25, -0.2) is 14.2 Å². The lowest BCUT2D eigenvalue weighted by atomic mass is 9.89. The zero-order valence-corrected chi connectivity index (χ0v) is 17.9. The van der Waals surface area contributed by atoms with Gasteiger partial charge in [-0.05, 0) is 62.5 Å². The average molecular weight is 436 g/mol. The van der Waals surface area contributed by atoms with Gasteiger partial charge in [0, 0.05) is 18.3 Å². The summed E-state index contributed by atoms with van der Waals surface area (Å²) in [6, 6.07) is 10.1. The van der Waals surface area contributed by atoms with Gasteiger partial charge in [0.05, 0.1) is 6.57 Å². The summed E-state index contributed by atoms with van der Waals surface area (Å²) < 4.78 is 19.3. The van der Waals surface area contributed by atoms with Gasteiger partial charge in [-0.2, -0.15) is 5.10 Å². The highest BCUT2D eigenvalue weighted by Crippen LogP contribution is 2.39. The van der Waals surface area contributed by atoms with E-state index in [0.29, 0.717) is 29.7 Å². The van der Waals surface area contributed by atoms with Crippen molar-refractivity contribution in [3.8, 4) is 5.75 Å². The van der Waals surface area contributed by atoms with Crippen molar-refractivity contribution in [3.05, 3.63) is 64.9 Å². The van der Waals surface area contributed by atoms with Crippen molar-refractivity contribution in [2.45, 2.75) is 25.7 Å². The zero-order valence-electron chi connectivity index (χ0n) is 17.9. The van der Waals surface area contributed by atoms with E-state index in [9.17, 15) is 4.39 Å². The van der Waals surface area contributed by atoms with Crippen molar-refractivity contribution in [2.75, 3.05) is 36.9 Å². The number of benzene rings is 1. The molecule has 0 amide bonds. The summed E-state index contributed by atoms with van der Waals surface area (Å²) in [5.74, 6) is 1.85. The lowest BCUT2D eigenvalue weighted by molar-refractivity contribution is 0.315. The lowest BCUT2D eigenvalue weighted by Gasteiger charge is -2.25. The number of pyridine rings is 1. The Balaban J connectivity index is 1.55. The number of hydrogen-bond acceptors (Lipinski definition) is 6.